The third kappa shape index (κ3) is 4.65. The lowest BCUT2D eigenvalue weighted by Gasteiger charge is -2.11. The maximum atomic E-state index is 13.0. The maximum absolute atomic E-state index is 13.0. The molecule has 0 aliphatic heterocycles. The monoisotopic (exact) mass is 460 g/mol. The van der Waals surface area contributed by atoms with E-state index in [1.807, 2.05) is 44.2 Å². The summed E-state index contributed by atoms with van der Waals surface area (Å²) in [5.41, 5.74) is 10.5. The molecular formula is C25H24N4O3S. The summed E-state index contributed by atoms with van der Waals surface area (Å²) in [6.45, 7) is 4.00. The van der Waals surface area contributed by atoms with Crippen LogP contribution in [0.1, 0.15) is 27.2 Å². The van der Waals surface area contributed by atoms with Crippen molar-refractivity contribution in [1.82, 2.24) is 14.3 Å². The zero-order chi connectivity index (χ0) is 23.6. The third-order valence-corrected chi connectivity index (χ3v) is 7.12. The molecule has 2 aromatic heterocycles. The average Bonchev–Trinajstić information content (AvgIpc) is 3.30. The van der Waals surface area contributed by atoms with Crippen molar-refractivity contribution in [3.8, 4) is 11.1 Å². The molecule has 0 saturated carbocycles. The number of nitrogen functional groups attached to an aromatic ring is 1. The van der Waals surface area contributed by atoms with Crippen LogP contribution in [0.25, 0.3) is 11.1 Å². The van der Waals surface area contributed by atoms with Gasteiger partial charge in [0.2, 0.25) is 0 Å². The van der Waals surface area contributed by atoms with Gasteiger partial charge in [0.15, 0.2) is 0 Å². The molecule has 1 amide bonds. The number of nitrogens with one attached hydrogen (secondary N) is 1. The fourth-order valence-corrected chi connectivity index (χ4v) is 4.86. The van der Waals surface area contributed by atoms with Gasteiger partial charge in [0.05, 0.1) is 10.5 Å². The predicted molar refractivity (Wildman–Crippen MR) is 128 cm³/mol. The summed E-state index contributed by atoms with van der Waals surface area (Å²) < 4.78 is 27.1. The molecule has 3 N–H and O–H groups in total. The highest BCUT2D eigenvalue weighted by molar-refractivity contribution is 7.90. The van der Waals surface area contributed by atoms with Crippen LogP contribution in [0.5, 0.6) is 0 Å². The SMILES string of the molecule is Cc1cc(N)nc(C)c1CNC(=O)c1ccn(S(=O)(=O)c2ccc(-c3ccccc3)cc2)c1. The molecule has 0 unspecified atom stereocenters. The summed E-state index contributed by atoms with van der Waals surface area (Å²) in [5.74, 6) is 0.0539. The van der Waals surface area contributed by atoms with Crippen LogP contribution in [0, 0.1) is 13.8 Å². The largest absolute Gasteiger partial charge is 0.384 e. The van der Waals surface area contributed by atoms with Gasteiger partial charge in [-0.3, -0.25) is 4.79 Å². The summed E-state index contributed by atoms with van der Waals surface area (Å²) in [7, 11) is -3.82. The van der Waals surface area contributed by atoms with Gasteiger partial charge in [0, 0.05) is 24.6 Å². The molecule has 0 saturated heterocycles. The summed E-state index contributed by atoms with van der Waals surface area (Å²) in [5, 5.41) is 2.82. The van der Waals surface area contributed by atoms with Gasteiger partial charge in [0.25, 0.3) is 15.9 Å². The number of hydrogen-bond acceptors (Lipinski definition) is 5. The summed E-state index contributed by atoms with van der Waals surface area (Å²) in [6.07, 6.45) is 2.69. The minimum Gasteiger partial charge on any atom is -0.384 e. The molecule has 33 heavy (non-hydrogen) atoms. The molecule has 2 aromatic carbocycles. The minimum atomic E-state index is -3.82. The van der Waals surface area contributed by atoms with E-state index in [1.54, 1.807) is 30.3 Å². The highest BCUT2D eigenvalue weighted by Crippen LogP contribution is 2.22. The Hall–Kier alpha value is -3.91. The zero-order valence-corrected chi connectivity index (χ0v) is 19.1. The van der Waals surface area contributed by atoms with E-state index in [2.05, 4.69) is 10.3 Å². The highest BCUT2D eigenvalue weighted by Gasteiger charge is 2.19. The first-order valence-electron chi connectivity index (χ1n) is 10.4. The lowest BCUT2D eigenvalue weighted by Crippen LogP contribution is -2.24. The first kappa shape index (κ1) is 22.3. The Bertz CT molecular complexity index is 1390. The van der Waals surface area contributed by atoms with E-state index in [-0.39, 0.29) is 22.9 Å². The number of carbonyl (C=O) groups excluding carboxylic acids is 1. The van der Waals surface area contributed by atoms with Crippen molar-refractivity contribution in [2.24, 2.45) is 0 Å². The molecule has 0 radical (unpaired) electrons. The topological polar surface area (TPSA) is 107 Å². The molecule has 7 nitrogen and oxygen atoms in total. The first-order valence-corrected chi connectivity index (χ1v) is 11.8. The summed E-state index contributed by atoms with van der Waals surface area (Å²) in [6, 6.07) is 19.6. The van der Waals surface area contributed by atoms with Gasteiger partial charge in [-0.05, 0) is 60.4 Å². The van der Waals surface area contributed by atoms with Crippen LogP contribution in [0.2, 0.25) is 0 Å². The van der Waals surface area contributed by atoms with Gasteiger partial charge in [-0.25, -0.2) is 17.4 Å². The second kappa shape index (κ2) is 8.91. The Morgan fingerprint density at radius 1 is 1.00 bits per heavy atom. The van der Waals surface area contributed by atoms with Crippen LogP contribution in [0.15, 0.2) is 84.0 Å². The molecular weight excluding hydrogens is 436 g/mol. The third-order valence-electron chi connectivity index (χ3n) is 5.47. The molecule has 0 bridgehead atoms. The van der Waals surface area contributed by atoms with Crippen LogP contribution in [0.3, 0.4) is 0 Å². The fourth-order valence-electron chi connectivity index (χ4n) is 3.66. The van der Waals surface area contributed by atoms with E-state index in [1.165, 1.54) is 18.5 Å². The van der Waals surface area contributed by atoms with Gasteiger partial charge in [-0.2, -0.15) is 0 Å². The van der Waals surface area contributed by atoms with Crippen molar-refractivity contribution in [3.05, 3.63) is 102 Å². The van der Waals surface area contributed by atoms with Crippen molar-refractivity contribution in [2.45, 2.75) is 25.3 Å². The molecule has 0 aliphatic carbocycles. The Morgan fingerprint density at radius 3 is 2.33 bits per heavy atom. The van der Waals surface area contributed by atoms with E-state index in [9.17, 15) is 13.2 Å². The number of carbonyl (C=O) groups is 1. The molecule has 8 heteroatoms. The Labute approximate surface area is 193 Å². The normalized spacial score (nSPS) is 11.3. The Kier molecular flexibility index (Phi) is 6.02. The van der Waals surface area contributed by atoms with E-state index < -0.39 is 10.0 Å². The number of aryl methyl sites for hydroxylation is 2. The van der Waals surface area contributed by atoms with Gasteiger partial charge in [0.1, 0.15) is 5.82 Å². The maximum Gasteiger partial charge on any atom is 0.267 e. The highest BCUT2D eigenvalue weighted by atomic mass is 32.2. The number of rotatable bonds is 6. The molecule has 4 aromatic rings. The van der Waals surface area contributed by atoms with Crippen LogP contribution >= 0.6 is 0 Å². The van der Waals surface area contributed by atoms with Crippen LogP contribution in [-0.2, 0) is 16.6 Å². The number of nitrogens with zero attached hydrogens (tertiary/aromatic N) is 2. The van der Waals surface area contributed by atoms with Crippen molar-refractivity contribution < 1.29 is 13.2 Å². The minimum absolute atomic E-state index is 0.143. The van der Waals surface area contributed by atoms with Crippen LogP contribution in [0.4, 0.5) is 5.82 Å². The van der Waals surface area contributed by atoms with Crippen molar-refractivity contribution in [3.63, 3.8) is 0 Å². The number of anilines is 1. The quantitative estimate of drug-likeness (QED) is 0.454. The number of hydrogen-bond donors (Lipinski definition) is 2. The standard InChI is InChI=1S/C25H24N4O3S/c1-17-14-24(26)28-18(2)23(17)15-27-25(30)21-12-13-29(16-21)33(31,32)22-10-8-20(9-11-22)19-6-4-3-5-7-19/h3-14,16H,15H2,1-2H3,(H2,26,28)(H,27,30). The molecule has 0 atom stereocenters. The first-order chi connectivity index (χ1) is 15.8. The van der Waals surface area contributed by atoms with E-state index >= 15 is 0 Å². The number of benzene rings is 2. The summed E-state index contributed by atoms with van der Waals surface area (Å²) in [4.78, 5) is 17.0. The van der Waals surface area contributed by atoms with Crippen molar-refractivity contribution >= 4 is 21.7 Å². The molecule has 168 valence electrons. The van der Waals surface area contributed by atoms with Crippen molar-refractivity contribution in [1.29, 1.82) is 0 Å². The summed E-state index contributed by atoms with van der Waals surface area (Å²) >= 11 is 0. The lowest BCUT2D eigenvalue weighted by atomic mass is 10.1. The fraction of sp³-hybridized carbons (Fsp3) is 0.120. The van der Waals surface area contributed by atoms with Gasteiger partial charge in [-0.1, -0.05) is 42.5 Å². The number of nitrogens with two attached hydrogens (primary N) is 1. The lowest BCUT2D eigenvalue weighted by molar-refractivity contribution is 0.0951. The Morgan fingerprint density at radius 2 is 1.67 bits per heavy atom. The Balaban J connectivity index is 1.49. The smallest absolute Gasteiger partial charge is 0.267 e. The number of aromatic nitrogens is 2. The van der Waals surface area contributed by atoms with E-state index in [4.69, 9.17) is 5.73 Å². The number of pyridine rings is 1. The van der Waals surface area contributed by atoms with Crippen LogP contribution in [-0.4, -0.2) is 23.3 Å². The van der Waals surface area contributed by atoms with Gasteiger partial charge >= 0.3 is 0 Å². The molecule has 4 rings (SSSR count). The van der Waals surface area contributed by atoms with E-state index in [0.717, 1.165) is 31.9 Å². The zero-order valence-electron chi connectivity index (χ0n) is 18.3. The second-order valence-electron chi connectivity index (χ2n) is 7.74. The van der Waals surface area contributed by atoms with E-state index in [0.29, 0.717) is 5.82 Å². The molecule has 2 heterocycles. The molecule has 0 aliphatic rings. The average molecular weight is 461 g/mol. The second-order valence-corrected chi connectivity index (χ2v) is 9.58. The van der Waals surface area contributed by atoms with Crippen LogP contribution < -0.4 is 11.1 Å². The molecule has 0 spiro atoms. The van der Waals surface area contributed by atoms with Gasteiger partial charge in [-0.15, -0.1) is 0 Å². The van der Waals surface area contributed by atoms with Crippen molar-refractivity contribution in [2.75, 3.05) is 5.73 Å². The molecule has 0 fully saturated rings. The predicted octanol–water partition coefficient (Wildman–Crippen LogP) is 3.92. The van der Waals surface area contributed by atoms with Gasteiger partial charge < -0.3 is 11.1 Å². The number of amides is 1.